The van der Waals surface area contributed by atoms with Gasteiger partial charge in [0.1, 0.15) is 15.4 Å². The molecule has 0 fully saturated rings. The number of hydrogen-bond donors (Lipinski definition) is 1. The summed E-state index contributed by atoms with van der Waals surface area (Å²) < 4.78 is 32.9. The summed E-state index contributed by atoms with van der Waals surface area (Å²) >= 11 is 0. The number of fused-ring (bicyclic) bond motifs is 1. The predicted molar refractivity (Wildman–Crippen MR) is 79.9 cm³/mol. The van der Waals surface area contributed by atoms with Crippen LogP contribution in [0.5, 0.6) is 0 Å². The van der Waals surface area contributed by atoms with Gasteiger partial charge < -0.3 is 14.9 Å². The minimum absolute atomic E-state index is 0.00738. The van der Waals surface area contributed by atoms with Gasteiger partial charge in [0.15, 0.2) is 0 Å². The molecule has 0 amide bonds. The number of rotatable bonds is 6. The van der Waals surface area contributed by atoms with Crippen LogP contribution < -0.4 is 5.73 Å². The number of nitrogen functional groups attached to an aromatic ring is 1. The van der Waals surface area contributed by atoms with Gasteiger partial charge >= 0.3 is 5.97 Å². The van der Waals surface area contributed by atoms with Crippen LogP contribution in [0.15, 0.2) is 28.7 Å². The van der Waals surface area contributed by atoms with Crippen LogP contribution >= 0.6 is 0 Å². The SMILES string of the molecule is CCS(=O)(=O)CCCOC(=O)c1cc2cc(N)ccc2o1. The van der Waals surface area contributed by atoms with Crippen LogP contribution in [0.3, 0.4) is 0 Å². The van der Waals surface area contributed by atoms with Crippen molar-refractivity contribution < 1.29 is 22.4 Å². The highest BCUT2D eigenvalue weighted by atomic mass is 32.2. The second kappa shape index (κ2) is 6.17. The highest BCUT2D eigenvalue weighted by molar-refractivity contribution is 7.91. The lowest BCUT2D eigenvalue weighted by atomic mass is 10.2. The van der Waals surface area contributed by atoms with Crippen molar-refractivity contribution in [1.82, 2.24) is 0 Å². The molecule has 0 saturated carbocycles. The van der Waals surface area contributed by atoms with Gasteiger partial charge in [-0.05, 0) is 30.7 Å². The van der Waals surface area contributed by atoms with E-state index in [1.807, 2.05) is 0 Å². The number of benzene rings is 1. The summed E-state index contributed by atoms with van der Waals surface area (Å²) in [5.41, 5.74) is 6.77. The molecule has 0 spiro atoms. The summed E-state index contributed by atoms with van der Waals surface area (Å²) in [7, 11) is -3.04. The molecule has 0 aliphatic carbocycles. The first-order chi connectivity index (χ1) is 9.91. The van der Waals surface area contributed by atoms with Gasteiger partial charge in [0.05, 0.1) is 12.4 Å². The minimum atomic E-state index is -3.04. The van der Waals surface area contributed by atoms with Gasteiger partial charge in [-0.3, -0.25) is 0 Å². The molecule has 6 nitrogen and oxygen atoms in total. The number of sulfone groups is 1. The van der Waals surface area contributed by atoms with Crippen molar-refractivity contribution in [3.8, 4) is 0 Å². The van der Waals surface area contributed by atoms with Gasteiger partial charge in [-0.2, -0.15) is 0 Å². The van der Waals surface area contributed by atoms with Gasteiger partial charge in [-0.1, -0.05) is 6.92 Å². The van der Waals surface area contributed by atoms with E-state index in [1.165, 1.54) is 0 Å². The average Bonchev–Trinajstić information content (AvgIpc) is 2.86. The van der Waals surface area contributed by atoms with Gasteiger partial charge in [0.2, 0.25) is 5.76 Å². The fourth-order valence-corrected chi connectivity index (χ4v) is 2.67. The topological polar surface area (TPSA) is 99.6 Å². The second-order valence-electron chi connectivity index (χ2n) is 4.63. The molecule has 7 heteroatoms. The first-order valence-corrected chi connectivity index (χ1v) is 8.40. The van der Waals surface area contributed by atoms with E-state index in [4.69, 9.17) is 14.9 Å². The molecular weight excluding hydrogens is 294 g/mol. The monoisotopic (exact) mass is 311 g/mol. The van der Waals surface area contributed by atoms with Crippen LogP contribution in [0, 0.1) is 0 Å². The first kappa shape index (κ1) is 15.4. The largest absolute Gasteiger partial charge is 0.460 e. The summed E-state index contributed by atoms with van der Waals surface area (Å²) in [6, 6.07) is 6.60. The zero-order valence-electron chi connectivity index (χ0n) is 11.7. The van der Waals surface area contributed by atoms with Crippen molar-refractivity contribution in [2.75, 3.05) is 23.8 Å². The molecule has 0 aliphatic heterocycles. The van der Waals surface area contributed by atoms with E-state index in [0.717, 1.165) is 5.39 Å². The van der Waals surface area contributed by atoms with E-state index in [1.54, 1.807) is 31.2 Å². The Morgan fingerprint density at radius 3 is 2.81 bits per heavy atom. The van der Waals surface area contributed by atoms with Crippen LogP contribution in [-0.4, -0.2) is 32.5 Å². The van der Waals surface area contributed by atoms with Crippen molar-refractivity contribution in [1.29, 1.82) is 0 Å². The first-order valence-electron chi connectivity index (χ1n) is 6.58. The van der Waals surface area contributed by atoms with E-state index in [-0.39, 0.29) is 30.3 Å². The van der Waals surface area contributed by atoms with Crippen molar-refractivity contribution >= 4 is 32.5 Å². The normalized spacial score (nSPS) is 11.7. The lowest BCUT2D eigenvalue weighted by Gasteiger charge is -2.02. The van der Waals surface area contributed by atoms with E-state index >= 15 is 0 Å². The van der Waals surface area contributed by atoms with Gasteiger partial charge in [-0.25, -0.2) is 13.2 Å². The molecule has 0 bridgehead atoms. The summed E-state index contributed by atoms with van der Waals surface area (Å²) in [5.74, 6) is -0.438. The molecule has 0 atom stereocenters. The van der Waals surface area contributed by atoms with Crippen molar-refractivity contribution in [2.24, 2.45) is 0 Å². The lowest BCUT2D eigenvalue weighted by molar-refractivity contribution is 0.0472. The van der Waals surface area contributed by atoms with Crippen molar-refractivity contribution in [2.45, 2.75) is 13.3 Å². The molecule has 0 radical (unpaired) electrons. The minimum Gasteiger partial charge on any atom is -0.460 e. The maximum Gasteiger partial charge on any atom is 0.374 e. The van der Waals surface area contributed by atoms with Crippen molar-refractivity contribution in [3.63, 3.8) is 0 Å². The number of ether oxygens (including phenoxy) is 1. The summed E-state index contributed by atoms with van der Waals surface area (Å²) in [6.45, 7) is 1.62. The third-order valence-electron chi connectivity index (χ3n) is 3.01. The van der Waals surface area contributed by atoms with Gasteiger partial charge in [0, 0.05) is 16.8 Å². The number of carbonyl (C=O) groups excluding carboxylic acids is 1. The molecule has 2 aromatic rings. The molecule has 2 N–H and O–H groups in total. The van der Waals surface area contributed by atoms with Crippen molar-refractivity contribution in [3.05, 3.63) is 30.0 Å². The van der Waals surface area contributed by atoms with Crippen LogP contribution in [0.4, 0.5) is 5.69 Å². The van der Waals surface area contributed by atoms with Gasteiger partial charge in [-0.15, -0.1) is 0 Å². The Morgan fingerprint density at radius 2 is 2.10 bits per heavy atom. The highest BCUT2D eigenvalue weighted by Gasteiger charge is 2.14. The average molecular weight is 311 g/mol. The molecular formula is C14H17NO5S. The smallest absolute Gasteiger partial charge is 0.374 e. The quantitative estimate of drug-likeness (QED) is 0.497. The third kappa shape index (κ3) is 3.98. The Hall–Kier alpha value is -2.02. The highest BCUT2D eigenvalue weighted by Crippen LogP contribution is 2.22. The number of anilines is 1. The summed E-state index contributed by atoms with van der Waals surface area (Å²) in [4.78, 5) is 11.8. The zero-order valence-corrected chi connectivity index (χ0v) is 12.5. The number of nitrogens with two attached hydrogens (primary N) is 1. The molecule has 1 aromatic heterocycles. The summed E-state index contributed by atoms with van der Waals surface area (Å²) in [6.07, 6.45) is 0.273. The molecule has 0 saturated heterocycles. The maximum atomic E-state index is 11.8. The van der Waals surface area contributed by atoms with E-state index in [0.29, 0.717) is 11.3 Å². The van der Waals surface area contributed by atoms with Crippen LogP contribution in [0.1, 0.15) is 23.9 Å². The second-order valence-corrected chi connectivity index (χ2v) is 7.11. The fraction of sp³-hybridized carbons (Fsp3) is 0.357. The molecule has 114 valence electrons. The zero-order chi connectivity index (χ0) is 15.5. The standard InChI is InChI=1S/C14H17NO5S/c1-2-21(17,18)7-3-6-19-14(16)13-9-10-8-11(15)4-5-12(10)20-13/h4-5,8-9H,2-3,6-7,15H2,1H3. The van der Waals surface area contributed by atoms with E-state index < -0.39 is 15.8 Å². The Bertz CT molecular complexity index is 748. The Kier molecular flexibility index (Phi) is 4.52. The molecule has 2 rings (SSSR count). The van der Waals surface area contributed by atoms with E-state index in [9.17, 15) is 13.2 Å². The Labute approximate surface area is 122 Å². The van der Waals surface area contributed by atoms with E-state index in [2.05, 4.69) is 0 Å². The molecule has 0 aliphatic rings. The number of hydrogen-bond acceptors (Lipinski definition) is 6. The Morgan fingerprint density at radius 1 is 1.33 bits per heavy atom. The molecule has 1 heterocycles. The van der Waals surface area contributed by atoms with Gasteiger partial charge in [0.25, 0.3) is 0 Å². The predicted octanol–water partition coefficient (Wildman–Crippen LogP) is 2.00. The maximum absolute atomic E-state index is 11.8. The number of carbonyl (C=O) groups is 1. The molecule has 21 heavy (non-hydrogen) atoms. The van der Waals surface area contributed by atoms with Crippen LogP contribution in [-0.2, 0) is 14.6 Å². The van der Waals surface area contributed by atoms with Crippen LogP contribution in [0.25, 0.3) is 11.0 Å². The third-order valence-corrected chi connectivity index (χ3v) is 4.80. The Balaban J connectivity index is 1.93. The number of esters is 1. The molecule has 0 unspecified atom stereocenters. The lowest BCUT2D eigenvalue weighted by Crippen LogP contribution is -2.12. The van der Waals surface area contributed by atoms with Crippen LogP contribution in [0.2, 0.25) is 0 Å². The summed E-state index contributed by atoms with van der Waals surface area (Å²) in [5, 5.41) is 0.718. The molecule has 1 aromatic carbocycles. The fourth-order valence-electron chi connectivity index (χ4n) is 1.82. The number of furan rings is 1.